The molecule has 0 aromatic heterocycles. The normalized spacial score (nSPS) is 25.3. The molecule has 1 amide bonds. The quantitative estimate of drug-likeness (QED) is 0.672. The number of hydrogen-bond acceptors (Lipinski definition) is 3. The highest BCUT2D eigenvalue weighted by Gasteiger charge is 2.16. The van der Waals surface area contributed by atoms with E-state index < -0.39 is 0 Å². The highest BCUT2D eigenvalue weighted by Crippen LogP contribution is 2.25. The van der Waals surface area contributed by atoms with E-state index in [4.69, 9.17) is 5.73 Å². The summed E-state index contributed by atoms with van der Waals surface area (Å²) in [6, 6.07) is -0.378. The van der Waals surface area contributed by atoms with E-state index in [1.54, 1.807) is 6.92 Å². The van der Waals surface area contributed by atoms with E-state index in [9.17, 15) is 4.79 Å². The predicted molar refractivity (Wildman–Crippen MR) is 52.1 cm³/mol. The number of nitrogens with one attached hydrogen (secondary N) is 1. The minimum Gasteiger partial charge on any atom is -0.354 e. The molecule has 1 unspecified atom stereocenters. The molecule has 1 heterocycles. The van der Waals surface area contributed by atoms with Crippen LogP contribution in [0.3, 0.4) is 0 Å². The van der Waals surface area contributed by atoms with Crippen LogP contribution in [-0.2, 0) is 4.79 Å². The van der Waals surface area contributed by atoms with Crippen LogP contribution in [0.15, 0.2) is 0 Å². The zero-order valence-electron chi connectivity index (χ0n) is 7.38. The van der Waals surface area contributed by atoms with Crippen molar-refractivity contribution < 1.29 is 4.79 Å². The van der Waals surface area contributed by atoms with Crippen LogP contribution in [0.25, 0.3) is 0 Å². The van der Waals surface area contributed by atoms with Gasteiger partial charge >= 0.3 is 0 Å². The Morgan fingerprint density at radius 3 is 3.08 bits per heavy atom. The molecule has 3 nitrogen and oxygen atoms in total. The first kappa shape index (κ1) is 9.86. The van der Waals surface area contributed by atoms with Crippen molar-refractivity contribution in [2.75, 3.05) is 12.3 Å². The molecule has 0 radical (unpaired) electrons. The Morgan fingerprint density at radius 1 is 1.83 bits per heavy atom. The summed E-state index contributed by atoms with van der Waals surface area (Å²) in [5.41, 5.74) is 5.40. The smallest absolute Gasteiger partial charge is 0.236 e. The lowest BCUT2D eigenvalue weighted by molar-refractivity contribution is -0.121. The minimum absolute atomic E-state index is 0.0394. The van der Waals surface area contributed by atoms with Gasteiger partial charge in [0.25, 0.3) is 0 Å². The first-order valence-electron chi connectivity index (χ1n) is 4.35. The summed E-state index contributed by atoms with van der Waals surface area (Å²) in [4.78, 5) is 11.1. The van der Waals surface area contributed by atoms with Gasteiger partial charge in [0, 0.05) is 11.8 Å². The number of hydrogen-bond donors (Lipinski definition) is 2. The summed E-state index contributed by atoms with van der Waals surface area (Å²) in [6.07, 6.45) is 2.51. The molecule has 1 aliphatic rings. The summed E-state index contributed by atoms with van der Waals surface area (Å²) in [7, 11) is 0. The van der Waals surface area contributed by atoms with Crippen LogP contribution in [-0.4, -0.2) is 29.5 Å². The van der Waals surface area contributed by atoms with E-state index >= 15 is 0 Å². The zero-order chi connectivity index (χ0) is 8.97. The van der Waals surface area contributed by atoms with E-state index in [1.807, 2.05) is 11.8 Å². The molecule has 3 N–H and O–H groups in total. The maximum atomic E-state index is 11.1. The Morgan fingerprint density at radius 2 is 2.58 bits per heavy atom. The number of nitrogens with two attached hydrogens (primary N) is 1. The second-order valence-corrected chi connectivity index (χ2v) is 4.58. The van der Waals surface area contributed by atoms with Crippen molar-refractivity contribution in [3.8, 4) is 0 Å². The first-order chi connectivity index (χ1) is 5.70. The van der Waals surface area contributed by atoms with Crippen molar-refractivity contribution in [2.45, 2.75) is 31.1 Å². The van der Waals surface area contributed by atoms with E-state index in [1.165, 1.54) is 18.6 Å². The molecule has 1 fully saturated rings. The van der Waals surface area contributed by atoms with E-state index in [2.05, 4.69) is 5.32 Å². The van der Waals surface area contributed by atoms with Gasteiger partial charge in [-0.3, -0.25) is 4.79 Å². The van der Waals surface area contributed by atoms with Crippen LogP contribution in [0.5, 0.6) is 0 Å². The Labute approximate surface area is 77.5 Å². The Hall–Kier alpha value is -0.220. The maximum absolute atomic E-state index is 11.1. The second kappa shape index (κ2) is 4.72. The van der Waals surface area contributed by atoms with Gasteiger partial charge in [-0.1, -0.05) is 0 Å². The van der Waals surface area contributed by atoms with Crippen LogP contribution in [0.1, 0.15) is 19.8 Å². The minimum atomic E-state index is -0.378. The van der Waals surface area contributed by atoms with E-state index in [0.717, 1.165) is 6.54 Å². The largest absolute Gasteiger partial charge is 0.354 e. The fourth-order valence-corrected chi connectivity index (χ4v) is 2.38. The molecule has 2 atom stereocenters. The van der Waals surface area contributed by atoms with Gasteiger partial charge in [0.15, 0.2) is 0 Å². The van der Waals surface area contributed by atoms with E-state index in [0.29, 0.717) is 5.25 Å². The van der Waals surface area contributed by atoms with Crippen LogP contribution in [0.2, 0.25) is 0 Å². The van der Waals surface area contributed by atoms with Gasteiger partial charge in [0.1, 0.15) is 0 Å². The van der Waals surface area contributed by atoms with Crippen molar-refractivity contribution in [3.63, 3.8) is 0 Å². The van der Waals surface area contributed by atoms with Gasteiger partial charge in [-0.2, -0.15) is 11.8 Å². The molecular formula is C8H16N2OS. The molecule has 0 bridgehead atoms. The fourth-order valence-electron chi connectivity index (χ4n) is 1.18. The van der Waals surface area contributed by atoms with Gasteiger partial charge < -0.3 is 11.1 Å². The third kappa shape index (κ3) is 3.03. The second-order valence-electron chi connectivity index (χ2n) is 3.17. The molecular weight excluding hydrogens is 172 g/mol. The molecule has 0 aromatic rings. The van der Waals surface area contributed by atoms with Gasteiger partial charge in [0.05, 0.1) is 6.04 Å². The molecule has 70 valence electrons. The van der Waals surface area contributed by atoms with Crippen molar-refractivity contribution in [1.29, 1.82) is 0 Å². The Bertz CT molecular complexity index is 155. The summed E-state index contributed by atoms with van der Waals surface area (Å²) in [6.45, 7) is 2.49. The highest BCUT2D eigenvalue weighted by atomic mass is 32.2. The maximum Gasteiger partial charge on any atom is 0.236 e. The average molecular weight is 188 g/mol. The van der Waals surface area contributed by atoms with Crippen LogP contribution < -0.4 is 11.1 Å². The number of amides is 1. The van der Waals surface area contributed by atoms with Crippen molar-refractivity contribution in [3.05, 3.63) is 0 Å². The van der Waals surface area contributed by atoms with Crippen molar-refractivity contribution in [2.24, 2.45) is 5.73 Å². The molecule has 0 saturated carbocycles. The Balaban J connectivity index is 2.12. The van der Waals surface area contributed by atoms with Crippen LogP contribution in [0, 0.1) is 0 Å². The number of carbonyl (C=O) groups excluding carboxylic acids is 1. The molecule has 12 heavy (non-hydrogen) atoms. The summed E-state index contributed by atoms with van der Waals surface area (Å²) < 4.78 is 0. The van der Waals surface area contributed by atoms with Gasteiger partial charge in [0.2, 0.25) is 5.91 Å². The molecule has 4 heteroatoms. The van der Waals surface area contributed by atoms with Gasteiger partial charge in [-0.25, -0.2) is 0 Å². The molecule has 0 aliphatic carbocycles. The SMILES string of the molecule is C[C@H](N)C(=O)NCC1CCCS1. The third-order valence-electron chi connectivity index (χ3n) is 1.94. The third-order valence-corrected chi connectivity index (χ3v) is 3.34. The molecule has 1 saturated heterocycles. The summed E-state index contributed by atoms with van der Waals surface area (Å²) in [5.74, 6) is 1.20. The number of carbonyl (C=O) groups is 1. The zero-order valence-corrected chi connectivity index (χ0v) is 8.19. The monoisotopic (exact) mass is 188 g/mol. The fraction of sp³-hybridized carbons (Fsp3) is 0.875. The summed E-state index contributed by atoms with van der Waals surface area (Å²) in [5, 5.41) is 3.46. The van der Waals surface area contributed by atoms with E-state index in [-0.39, 0.29) is 11.9 Å². The molecule has 1 aliphatic heterocycles. The lowest BCUT2D eigenvalue weighted by Crippen LogP contribution is -2.40. The lowest BCUT2D eigenvalue weighted by atomic mass is 10.2. The van der Waals surface area contributed by atoms with Crippen LogP contribution >= 0.6 is 11.8 Å². The van der Waals surface area contributed by atoms with Crippen molar-refractivity contribution in [1.82, 2.24) is 5.32 Å². The Kier molecular flexibility index (Phi) is 3.88. The highest BCUT2D eigenvalue weighted by molar-refractivity contribution is 8.00. The lowest BCUT2D eigenvalue weighted by Gasteiger charge is -2.11. The molecule has 1 rings (SSSR count). The number of thioether (sulfide) groups is 1. The molecule has 0 aromatic carbocycles. The average Bonchev–Trinajstić information content (AvgIpc) is 2.51. The topological polar surface area (TPSA) is 55.1 Å². The first-order valence-corrected chi connectivity index (χ1v) is 5.40. The van der Waals surface area contributed by atoms with Crippen LogP contribution in [0.4, 0.5) is 0 Å². The van der Waals surface area contributed by atoms with Crippen molar-refractivity contribution >= 4 is 17.7 Å². The predicted octanol–water partition coefficient (Wildman–Crippen LogP) is 0.345. The standard InChI is InChI=1S/C8H16N2OS/c1-6(9)8(11)10-5-7-3-2-4-12-7/h6-7H,2-5,9H2,1H3,(H,10,11)/t6-,7?/m0/s1. The van der Waals surface area contributed by atoms with Gasteiger partial charge in [-0.05, 0) is 25.5 Å². The number of rotatable bonds is 3. The summed E-state index contributed by atoms with van der Waals surface area (Å²) >= 11 is 1.94. The van der Waals surface area contributed by atoms with Gasteiger partial charge in [-0.15, -0.1) is 0 Å². The molecule has 0 spiro atoms.